The molecule has 0 heterocycles. The molecule has 3 heteroatoms. The SMILES string of the molecule is C=CC1CCC(C2CC=C(c3ccc(-c4ccc(-c5ccc(CCCCCCC)c(F)c5F)cc4)c(F)c3)CC2)CC1. The molecule has 1 unspecified atom stereocenters. The van der Waals surface area contributed by atoms with E-state index in [0.29, 0.717) is 29.0 Å². The third-order valence-electron chi connectivity index (χ3n) is 9.83. The average Bonchev–Trinajstić information content (AvgIpc) is 3.03. The summed E-state index contributed by atoms with van der Waals surface area (Å²) in [5.74, 6) is 0.427. The first-order chi connectivity index (χ1) is 20.5. The van der Waals surface area contributed by atoms with Crippen LogP contribution in [0.1, 0.15) is 95.1 Å². The van der Waals surface area contributed by atoms with Crippen LogP contribution in [0.3, 0.4) is 0 Å². The zero-order chi connectivity index (χ0) is 29.5. The molecule has 1 saturated carbocycles. The van der Waals surface area contributed by atoms with Gasteiger partial charge in [-0.2, -0.15) is 0 Å². The minimum Gasteiger partial charge on any atom is -0.206 e. The van der Waals surface area contributed by atoms with Gasteiger partial charge in [-0.05, 0) is 109 Å². The molecule has 3 aromatic rings. The topological polar surface area (TPSA) is 0 Å². The van der Waals surface area contributed by atoms with Crippen LogP contribution >= 0.6 is 0 Å². The van der Waals surface area contributed by atoms with Crippen LogP contribution in [-0.4, -0.2) is 0 Å². The molecule has 0 amide bonds. The molecule has 0 nitrogen and oxygen atoms in total. The van der Waals surface area contributed by atoms with Gasteiger partial charge < -0.3 is 0 Å². The summed E-state index contributed by atoms with van der Waals surface area (Å²) in [5, 5.41) is 0. The van der Waals surface area contributed by atoms with Crippen molar-refractivity contribution in [1.82, 2.24) is 0 Å². The molecule has 0 bridgehead atoms. The van der Waals surface area contributed by atoms with Crippen molar-refractivity contribution >= 4 is 5.57 Å². The molecule has 0 saturated heterocycles. The highest BCUT2D eigenvalue weighted by Gasteiger charge is 2.28. The van der Waals surface area contributed by atoms with Crippen molar-refractivity contribution < 1.29 is 13.2 Å². The summed E-state index contributed by atoms with van der Waals surface area (Å²) >= 11 is 0. The Morgan fingerprint density at radius 2 is 1.38 bits per heavy atom. The normalized spacial score (nSPS) is 20.8. The van der Waals surface area contributed by atoms with Crippen molar-refractivity contribution in [1.29, 1.82) is 0 Å². The first kappa shape index (κ1) is 30.4. The molecule has 0 N–H and O–H groups in total. The Kier molecular flexibility index (Phi) is 10.4. The molecule has 0 radical (unpaired) electrons. The van der Waals surface area contributed by atoms with Crippen LogP contribution in [0.15, 0.2) is 73.3 Å². The van der Waals surface area contributed by atoms with Crippen molar-refractivity contribution in [3.05, 3.63) is 102 Å². The van der Waals surface area contributed by atoms with Gasteiger partial charge >= 0.3 is 0 Å². The minimum absolute atomic E-state index is 0.237. The lowest BCUT2D eigenvalue weighted by Gasteiger charge is -2.34. The number of hydrogen-bond acceptors (Lipinski definition) is 0. The Bertz CT molecular complexity index is 1380. The van der Waals surface area contributed by atoms with Crippen LogP contribution in [0.5, 0.6) is 0 Å². The standard InChI is InChI=1S/C39H45F3/c1-3-5-6-7-8-9-33-22-25-36(39(42)38(33)41)32-20-18-31(19-21-32)35-24-23-34(26-37(35)40)30-16-14-29(15-17-30)28-12-10-27(4-2)11-13-28/h4,16,18-29H,2-3,5-15,17H2,1H3. The maximum Gasteiger partial charge on any atom is 0.166 e. The van der Waals surface area contributed by atoms with E-state index in [1.54, 1.807) is 42.5 Å². The van der Waals surface area contributed by atoms with Gasteiger partial charge in [0, 0.05) is 11.1 Å². The second kappa shape index (κ2) is 14.4. The number of benzene rings is 3. The Morgan fingerprint density at radius 1 is 0.714 bits per heavy atom. The third-order valence-corrected chi connectivity index (χ3v) is 9.83. The molecule has 1 fully saturated rings. The molecule has 0 aromatic heterocycles. The van der Waals surface area contributed by atoms with Crippen LogP contribution in [0.25, 0.3) is 27.8 Å². The summed E-state index contributed by atoms with van der Waals surface area (Å²) in [6.07, 6.45) is 18.8. The van der Waals surface area contributed by atoms with Gasteiger partial charge in [0.05, 0.1) is 0 Å². The van der Waals surface area contributed by atoms with Gasteiger partial charge in [0.25, 0.3) is 0 Å². The summed E-state index contributed by atoms with van der Waals surface area (Å²) in [7, 11) is 0. The minimum atomic E-state index is -0.809. The van der Waals surface area contributed by atoms with E-state index in [4.69, 9.17) is 0 Å². The Labute approximate surface area is 250 Å². The molecule has 3 aromatic carbocycles. The predicted molar refractivity (Wildman–Crippen MR) is 171 cm³/mol. The van der Waals surface area contributed by atoms with Crippen molar-refractivity contribution in [2.75, 3.05) is 0 Å². The van der Waals surface area contributed by atoms with Gasteiger partial charge in [-0.3, -0.25) is 0 Å². The van der Waals surface area contributed by atoms with Crippen LogP contribution in [-0.2, 0) is 6.42 Å². The van der Waals surface area contributed by atoms with Crippen LogP contribution < -0.4 is 0 Å². The van der Waals surface area contributed by atoms with Crippen LogP contribution in [0.2, 0.25) is 0 Å². The molecular formula is C39H45F3. The molecule has 222 valence electrons. The average molecular weight is 571 g/mol. The van der Waals surface area contributed by atoms with Gasteiger partial charge in [0.1, 0.15) is 5.82 Å². The Balaban J connectivity index is 1.22. The van der Waals surface area contributed by atoms with Crippen LogP contribution in [0.4, 0.5) is 13.2 Å². The Hall–Kier alpha value is -3.07. The molecule has 1 atom stereocenters. The first-order valence-electron chi connectivity index (χ1n) is 16.2. The fraction of sp³-hybridized carbons (Fsp3) is 0.436. The van der Waals surface area contributed by atoms with Crippen molar-refractivity contribution in [3.63, 3.8) is 0 Å². The number of rotatable bonds is 11. The van der Waals surface area contributed by atoms with Crippen molar-refractivity contribution in [2.45, 2.75) is 90.4 Å². The van der Waals surface area contributed by atoms with Gasteiger partial charge in [0.2, 0.25) is 0 Å². The van der Waals surface area contributed by atoms with Gasteiger partial charge in [-0.1, -0.05) is 93.3 Å². The van der Waals surface area contributed by atoms with E-state index in [2.05, 4.69) is 25.7 Å². The summed E-state index contributed by atoms with van der Waals surface area (Å²) in [4.78, 5) is 0. The summed E-state index contributed by atoms with van der Waals surface area (Å²) < 4.78 is 45.2. The number of aryl methyl sites for hydroxylation is 1. The highest BCUT2D eigenvalue weighted by molar-refractivity contribution is 5.74. The second-order valence-corrected chi connectivity index (χ2v) is 12.5. The summed E-state index contributed by atoms with van der Waals surface area (Å²) in [5.41, 5.74) is 4.70. The third kappa shape index (κ3) is 7.10. The Morgan fingerprint density at radius 3 is 2.02 bits per heavy atom. The second-order valence-electron chi connectivity index (χ2n) is 12.5. The van der Waals surface area contributed by atoms with Crippen LogP contribution in [0, 0.1) is 35.2 Å². The number of allylic oxidation sites excluding steroid dienone is 3. The number of halogens is 3. The number of unbranched alkanes of at least 4 members (excludes halogenated alkanes) is 4. The zero-order valence-electron chi connectivity index (χ0n) is 25.1. The molecule has 2 aliphatic rings. The van der Waals surface area contributed by atoms with E-state index in [0.717, 1.165) is 61.5 Å². The van der Waals surface area contributed by atoms with Crippen molar-refractivity contribution in [3.8, 4) is 22.3 Å². The summed E-state index contributed by atoms with van der Waals surface area (Å²) in [6, 6.07) is 16.0. The van der Waals surface area contributed by atoms with E-state index in [1.165, 1.54) is 44.1 Å². The molecule has 2 aliphatic carbocycles. The maximum absolute atomic E-state index is 15.3. The molecule has 0 spiro atoms. The van der Waals surface area contributed by atoms with E-state index < -0.39 is 11.6 Å². The smallest absolute Gasteiger partial charge is 0.166 e. The fourth-order valence-electron chi connectivity index (χ4n) is 7.10. The van der Waals surface area contributed by atoms with E-state index in [-0.39, 0.29) is 11.4 Å². The highest BCUT2D eigenvalue weighted by Crippen LogP contribution is 2.42. The first-order valence-corrected chi connectivity index (χ1v) is 16.2. The lowest BCUT2D eigenvalue weighted by atomic mass is 9.71. The monoisotopic (exact) mass is 570 g/mol. The largest absolute Gasteiger partial charge is 0.206 e. The van der Waals surface area contributed by atoms with Crippen molar-refractivity contribution in [2.24, 2.45) is 17.8 Å². The summed E-state index contributed by atoms with van der Waals surface area (Å²) in [6.45, 7) is 6.13. The zero-order valence-corrected chi connectivity index (χ0v) is 25.1. The van der Waals surface area contributed by atoms with Gasteiger partial charge in [0.15, 0.2) is 11.6 Å². The fourth-order valence-corrected chi connectivity index (χ4v) is 7.10. The molecule has 5 rings (SSSR count). The molecular weight excluding hydrogens is 525 g/mol. The highest BCUT2D eigenvalue weighted by atomic mass is 19.2. The van der Waals surface area contributed by atoms with E-state index >= 15 is 8.78 Å². The van der Waals surface area contributed by atoms with Gasteiger partial charge in [-0.15, -0.1) is 6.58 Å². The van der Waals surface area contributed by atoms with E-state index in [1.807, 2.05) is 12.1 Å². The lowest BCUT2D eigenvalue weighted by molar-refractivity contribution is 0.212. The number of hydrogen-bond donors (Lipinski definition) is 0. The maximum atomic E-state index is 15.3. The molecule has 0 aliphatic heterocycles. The van der Waals surface area contributed by atoms with Gasteiger partial charge in [-0.25, -0.2) is 13.2 Å². The molecule has 42 heavy (non-hydrogen) atoms. The lowest BCUT2D eigenvalue weighted by Crippen LogP contribution is -2.22. The van der Waals surface area contributed by atoms with E-state index in [9.17, 15) is 4.39 Å². The quantitative estimate of drug-likeness (QED) is 0.159. The predicted octanol–water partition coefficient (Wildman–Crippen LogP) is 12.1.